The van der Waals surface area contributed by atoms with Gasteiger partial charge in [-0.1, -0.05) is 31.4 Å². The molecule has 1 atom stereocenters. The third-order valence-corrected chi connectivity index (χ3v) is 4.45. The minimum Gasteiger partial charge on any atom is -0.481 e. The van der Waals surface area contributed by atoms with E-state index in [1.807, 2.05) is 0 Å². The van der Waals surface area contributed by atoms with Gasteiger partial charge in [-0.25, -0.2) is 0 Å². The Kier molecular flexibility index (Phi) is 4.61. The van der Waals surface area contributed by atoms with Crippen LogP contribution in [0.3, 0.4) is 0 Å². The predicted molar refractivity (Wildman–Crippen MR) is 72.6 cm³/mol. The fraction of sp³-hybridized carbons (Fsp3) is 0.733. The van der Waals surface area contributed by atoms with E-state index in [9.17, 15) is 14.7 Å². The van der Waals surface area contributed by atoms with Crippen molar-refractivity contribution in [1.29, 1.82) is 0 Å². The maximum absolute atomic E-state index is 11.9. The summed E-state index contributed by atoms with van der Waals surface area (Å²) in [5.74, 6) is -0.428. The molecule has 4 heteroatoms. The highest BCUT2D eigenvalue weighted by Crippen LogP contribution is 2.36. The number of amides is 1. The van der Waals surface area contributed by atoms with Crippen molar-refractivity contribution in [3.05, 3.63) is 12.2 Å². The monoisotopic (exact) mass is 265 g/mol. The largest absolute Gasteiger partial charge is 0.481 e. The van der Waals surface area contributed by atoms with Crippen LogP contribution in [-0.2, 0) is 9.59 Å². The van der Waals surface area contributed by atoms with Crippen LogP contribution in [0.25, 0.3) is 0 Å². The van der Waals surface area contributed by atoms with Gasteiger partial charge in [0.05, 0.1) is 5.41 Å². The van der Waals surface area contributed by atoms with Crippen molar-refractivity contribution >= 4 is 11.9 Å². The lowest BCUT2D eigenvalue weighted by molar-refractivity contribution is -0.151. The van der Waals surface area contributed by atoms with E-state index in [0.717, 1.165) is 32.1 Å². The first-order valence-corrected chi connectivity index (χ1v) is 7.29. The van der Waals surface area contributed by atoms with Crippen LogP contribution in [0.15, 0.2) is 12.2 Å². The number of hydrogen-bond acceptors (Lipinski definition) is 2. The number of carboxylic acids is 1. The highest BCUT2D eigenvalue weighted by atomic mass is 16.4. The van der Waals surface area contributed by atoms with Crippen molar-refractivity contribution in [2.24, 2.45) is 11.3 Å². The predicted octanol–water partition coefficient (Wildman–Crippen LogP) is 2.49. The standard InChI is InChI=1S/C15H23NO3/c17-13(10-12-6-2-3-7-12)16-11-15(14(18)19)8-4-1-5-9-15/h2,6,12H,1,3-5,7-11H2,(H,16,17)(H,18,19). The summed E-state index contributed by atoms with van der Waals surface area (Å²) in [6.07, 6.45) is 11.2. The molecular weight excluding hydrogens is 242 g/mol. The summed E-state index contributed by atoms with van der Waals surface area (Å²) in [5.41, 5.74) is -0.723. The minimum atomic E-state index is -0.756. The van der Waals surface area contributed by atoms with E-state index in [4.69, 9.17) is 0 Å². The molecule has 1 amide bonds. The Morgan fingerprint density at radius 3 is 2.58 bits per heavy atom. The number of carboxylic acid groups (broad SMARTS) is 1. The third kappa shape index (κ3) is 3.58. The first-order valence-electron chi connectivity index (χ1n) is 7.29. The minimum absolute atomic E-state index is 0.0113. The van der Waals surface area contributed by atoms with Gasteiger partial charge in [-0.15, -0.1) is 0 Å². The summed E-state index contributed by atoms with van der Waals surface area (Å²) in [6.45, 7) is 0.289. The molecule has 0 spiro atoms. The molecule has 19 heavy (non-hydrogen) atoms. The first kappa shape index (κ1) is 14.1. The molecule has 0 radical (unpaired) electrons. The molecule has 1 unspecified atom stereocenters. The summed E-state index contributed by atoms with van der Waals surface area (Å²) in [6, 6.07) is 0. The number of carbonyl (C=O) groups is 2. The highest BCUT2D eigenvalue weighted by Gasteiger charge is 2.39. The average Bonchev–Trinajstić information content (AvgIpc) is 2.90. The Labute approximate surface area is 114 Å². The summed E-state index contributed by atoms with van der Waals surface area (Å²) in [4.78, 5) is 23.3. The molecule has 106 valence electrons. The Hall–Kier alpha value is -1.32. The Morgan fingerprint density at radius 1 is 1.26 bits per heavy atom. The molecule has 0 bridgehead atoms. The number of hydrogen-bond donors (Lipinski definition) is 2. The maximum Gasteiger partial charge on any atom is 0.311 e. The summed E-state index contributed by atoms with van der Waals surface area (Å²) >= 11 is 0. The van der Waals surface area contributed by atoms with Gasteiger partial charge in [0, 0.05) is 13.0 Å². The lowest BCUT2D eigenvalue weighted by Gasteiger charge is -2.33. The van der Waals surface area contributed by atoms with Gasteiger partial charge in [0.15, 0.2) is 0 Å². The second-order valence-corrected chi connectivity index (χ2v) is 5.89. The van der Waals surface area contributed by atoms with Crippen LogP contribution in [0.1, 0.15) is 51.4 Å². The molecule has 0 aliphatic heterocycles. The maximum atomic E-state index is 11.9. The molecule has 0 aromatic carbocycles. The normalized spacial score (nSPS) is 25.2. The van der Waals surface area contributed by atoms with Crippen molar-refractivity contribution in [2.75, 3.05) is 6.54 Å². The lowest BCUT2D eigenvalue weighted by Crippen LogP contribution is -2.44. The zero-order valence-corrected chi connectivity index (χ0v) is 11.4. The fourth-order valence-electron chi connectivity index (χ4n) is 3.14. The molecule has 0 aromatic rings. The van der Waals surface area contributed by atoms with Gasteiger partial charge < -0.3 is 10.4 Å². The molecule has 0 heterocycles. The van der Waals surface area contributed by atoms with Gasteiger partial charge in [-0.2, -0.15) is 0 Å². The number of rotatable bonds is 5. The molecular formula is C15H23NO3. The molecule has 4 nitrogen and oxygen atoms in total. The molecule has 1 saturated carbocycles. The zero-order chi connectivity index (χ0) is 13.7. The third-order valence-electron chi connectivity index (χ3n) is 4.45. The van der Waals surface area contributed by atoms with Crippen LogP contribution >= 0.6 is 0 Å². The molecule has 2 rings (SSSR count). The van der Waals surface area contributed by atoms with Crippen molar-refractivity contribution in [2.45, 2.75) is 51.4 Å². The summed E-state index contributed by atoms with van der Waals surface area (Å²) < 4.78 is 0. The van der Waals surface area contributed by atoms with E-state index in [1.165, 1.54) is 0 Å². The van der Waals surface area contributed by atoms with E-state index in [2.05, 4.69) is 17.5 Å². The van der Waals surface area contributed by atoms with E-state index in [1.54, 1.807) is 0 Å². The summed E-state index contributed by atoms with van der Waals surface area (Å²) in [7, 11) is 0. The van der Waals surface area contributed by atoms with Gasteiger partial charge in [0.2, 0.25) is 5.91 Å². The van der Waals surface area contributed by atoms with Crippen LogP contribution in [0.4, 0.5) is 0 Å². The lowest BCUT2D eigenvalue weighted by atomic mass is 9.74. The van der Waals surface area contributed by atoms with Crippen LogP contribution in [0.5, 0.6) is 0 Å². The molecule has 2 aliphatic rings. The van der Waals surface area contributed by atoms with E-state index in [-0.39, 0.29) is 12.5 Å². The second kappa shape index (κ2) is 6.22. The SMILES string of the molecule is O=C(CC1C=CCC1)NCC1(C(=O)O)CCCCC1. The Balaban J connectivity index is 1.82. The van der Waals surface area contributed by atoms with Gasteiger partial charge in [-0.3, -0.25) is 9.59 Å². The van der Waals surface area contributed by atoms with Crippen LogP contribution in [-0.4, -0.2) is 23.5 Å². The molecule has 0 saturated heterocycles. The van der Waals surface area contributed by atoms with E-state index >= 15 is 0 Å². The van der Waals surface area contributed by atoms with Crippen molar-refractivity contribution in [1.82, 2.24) is 5.32 Å². The number of nitrogens with one attached hydrogen (secondary N) is 1. The van der Waals surface area contributed by atoms with Crippen molar-refractivity contribution < 1.29 is 14.7 Å². The van der Waals surface area contributed by atoms with Crippen molar-refractivity contribution in [3.63, 3.8) is 0 Å². The Bertz CT molecular complexity index is 370. The number of aliphatic carboxylic acids is 1. The molecule has 0 aromatic heterocycles. The Morgan fingerprint density at radius 2 is 2.00 bits per heavy atom. The molecule has 1 fully saturated rings. The van der Waals surface area contributed by atoms with Crippen molar-refractivity contribution in [3.8, 4) is 0 Å². The second-order valence-electron chi connectivity index (χ2n) is 5.89. The first-order chi connectivity index (χ1) is 9.12. The van der Waals surface area contributed by atoms with Gasteiger partial charge >= 0.3 is 5.97 Å². The quantitative estimate of drug-likeness (QED) is 0.750. The van der Waals surface area contributed by atoms with Crippen LogP contribution in [0.2, 0.25) is 0 Å². The number of carbonyl (C=O) groups excluding carboxylic acids is 1. The van der Waals surface area contributed by atoms with Crippen LogP contribution < -0.4 is 5.32 Å². The van der Waals surface area contributed by atoms with Gasteiger partial charge in [-0.05, 0) is 31.6 Å². The molecule has 2 aliphatic carbocycles. The van der Waals surface area contributed by atoms with Crippen LogP contribution in [0, 0.1) is 11.3 Å². The van der Waals surface area contributed by atoms with E-state index < -0.39 is 11.4 Å². The highest BCUT2D eigenvalue weighted by molar-refractivity contribution is 5.79. The fourth-order valence-corrected chi connectivity index (χ4v) is 3.14. The summed E-state index contributed by atoms with van der Waals surface area (Å²) in [5, 5.41) is 12.3. The van der Waals surface area contributed by atoms with Gasteiger partial charge in [0.25, 0.3) is 0 Å². The topological polar surface area (TPSA) is 66.4 Å². The molecule has 2 N–H and O–H groups in total. The average molecular weight is 265 g/mol. The van der Waals surface area contributed by atoms with E-state index in [0.29, 0.717) is 25.2 Å². The zero-order valence-electron chi connectivity index (χ0n) is 11.4. The smallest absolute Gasteiger partial charge is 0.311 e. The number of allylic oxidation sites excluding steroid dienone is 2. The van der Waals surface area contributed by atoms with Gasteiger partial charge in [0.1, 0.15) is 0 Å².